The summed E-state index contributed by atoms with van der Waals surface area (Å²) in [4.78, 5) is 65.9. The first-order valence-corrected chi connectivity index (χ1v) is 13.4. The van der Waals surface area contributed by atoms with Crippen molar-refractivity contribution in [1.29, 1.82) is 0 Å². The largest absolute Gasteiger partial charge is 0.444 e. The van der Waals surface area contributed by atoms with E-state index >= 15 is 0 Å². The highest BCUT2D eigenvalue weighted by Crippen LogP contribution is 2.65. The van der Waals surface area contributed by atoms with Crippen LogP contribution in [0.4, 0.5) is 4.79 Å². The number of ether oxygens (including phenoxy) is 1. The number of hydrogen-bond donors (Lipinski definition) is 2. The molecule has 3 amide bonds. The molecule has 0 spiro atoms. The number of hydrogen-bond acceptors (Lipinski definition) is 6. The fraction of sp³-hybridized carbons (Fsp3) is 0.815. The van der Waals surface area contributed by atoms with Crippen LogP contribution in [0.3, 0.4) is 0 Å². The summed E-state index contributed by atoms with van der Waals surface area (Å²) in [5.74, 6) is -1.74. The second-order valence-corrected chi connectivity index (χ2v) is 12.3. The van der Waals surface area contributed by atoms with Crippen molar-refractivity contribution in [3.63, 3.8) is 0 Å². The van der Waals surface area contributed by atoms with Crippen LogP contribution in [0.5, 0.6) is 0 Å². The smallest absolute Gasteiger partial charge is 0.408 e. The van der Waals surface area contributed by atoms with E-state index in [1.807, 2.05) is 0 Å². The monoisotopic (exact) mass is 505 g/mol. The van der Waals surface area contributed by atoms with E-state index in [2.05, 4.69) is 24.5 Å². The van der Waals surface area contributed by atoms with Crippen LogP contribution in [0.15, 0.2) is 0 Å². The van der Waals surface area contributed by atoms with Crippen LogP contribution in [0.1, 0.15) is 92.9 Å². The molecular weight excluding hydrogens is 462 g/mol. The van der Waals surface area contributed by atoms with E-state index < -0.39 is 47.3 Å². The van der Waals surface area contributed by atoms with Crippen LogP contribution >= 0.6 is 0 Å². The molecule has 2 saturated heterocycles. The minimum absolute atomic E-state index is 0.0348. The zero-order chi connectivity index (χ0) is 26.8. The molecule has 0 aromatic rings. The third kappa shape index (κ3) is 6.45. The minimum Gasteiger partial charge on any atom is -0.444 e. The van der Waals surface area contributed by atoms with Gasteiger partial charge in [-0.1, -0.05) is 52.4 Å². The number of rotatable bonds is 3. The second-order valence-electron chi connectivity index (χ2n) is 12.3. The predicted octanol–water partition coefficient (Wildman–Crippen LogP) is 3.14. The first-order valence-electron chi connectivity index (χ1n) is 13.4. The number of ketones is 2. The summed E-state index contributed by atoms with van der Waals surface area (Å²) in [5, 5.41) is 5.58. The summed E-state index contributed by atoms with van der Waals surface area (Å²) < 4.78 is 5.40. The van der Waals surface area contributed by atoms with Crippen LogP contribution in [-0.2, 0) is 23.9 Å². The predicted molar refractivity (Wildman–Crippen MR) is 134 cm³/mol. The fourth-order valence-corrected chi connectivity index (χ4v) is 5.90. The molecular formula is C27H43N3O6. The van der Waals surface area contributed by atoms with Gasteiger partial charge in [0, 0.05) is 13.5 Å². The lowest BCUT2D eigenvalue weighted by molar-refractivity contribution is -0.143. The lowest BCUT2D eigenvalue weighted by Crippen LogP contribution is -2.58. The number of amides is 3. The Morgan fingerprint density at radius 3 is 2.17 bits per heavy atom. The highest BCUT2D eigenvalue weighted by Gasteiger charge is 2.69. The van der Waals surface area contributed by atoms with Gasteiger partial charge in [-0.15, -0.1) is 0 Å². The highest BCUT2D eigenvalue weighted by molar-refractivity contribution is 6.38. The van der Waals surface area contributed by atoms with Crippen molar-refractivity contribution < 1.29 is 28.7 Å². The quantitative estimate of drug-likeness (QED) is 0.568. The number of fused-ring (bicyclic) bond motifs is 3. The zero-order valence-electron chi connectivity index (χ0n) is 22.6. The van der Waals surface area contributed by atoms with Crippen molar-refractivity contribution >= 4 is 29.5 Å². The van der Waals surface area contributed by atoms with Crippen LogP contribution in [0.2, 0.25) is 0 Å². The number of carbonyl (C=O) groups excluding carboxylic acids is 5. The van der Waals surface area contributed by atoms with Gasteiger partial charge in [0.2, 0.25) is 17.6 Å². The molecule has 5 atom stereocenters. The Kier molecular flexibility index (Phi) is 8.51. The summed E-state index contributed by atoms with van der Waals surface area (Å²) in [6.45, 7) is 11.1. The minimum atomic E-state index is -0.881. The first-order chi connectivity index (χ1) is 16.7. The molecule has 1 aliphatic carbocycles. The second kappa shape index (κ2) is 10.9. The van der Waals surface area contributed by atoms with Gasteiger partial charge in [-0.2, -0.15) is 0 Å². The van der Waals surface area contributed by atoms with E-state index in [4.69, 9.17) is 4.74 Å². The van der Waals surface area contributed by atoms with Gasteiger partial charge in [0.25, 0.3) is 0 Å². The number of nitrogens with one attached hydrogen (secondary N) is 2. The summed E-state index contributed by atoms with van der Waals surface area (Å²) in [7, 11) is 0. The van der Waals surface area contributed by atoms with E-state index in [0.29, 0.717) is 19.4 Å². The van der Waals surface area contributed by atoms with Gasteiger partial charge in [0.15, 0.2) is 5.78 Å². The molecule has 0 aromatic carbocycles. The van der Waals surface area contributed by atoms with E-state index in [1.54, 1.807) is 25.7 Å². The number of Topliss-reactive ketones (excluding diaryl/α,β-unsaturated/α-hetero) is 2. The number of nitrogens with zero attached hydrogens (tertiary/aromatic N) is 1. The maximum absolute atomic E-state index is 13.8. The van der Waals surface area contributed by atoms with Crippen LogP contribution in [-0.4, -0.2) is 64.6 Å². The molecule has 3 fully saturated rings. The van der Waals surface area contributed by atoms with Crippen molar-refractivity contribution in [2.45, 2.75) is 117 Å². The zero-order valence-corrected chi connectivity index (χ0v) is 22.6. The van der Waals surface area contributed by atoms with Gasteiger partial charge in [-0.05, 0) is 50.9 Å². The van der Waals surface area contributed by atoms with E-state index in [9.17, 15) is 24.0 Å². The summed E-state index contributed by atoms with van der Waals surface area (Å²) in [5.41, 5.74) is -0.803. The summed E-state index contributed by atoms with van der Waals surface area (Å²) in [6, 6.07) is -2.42. The molecule has 2 aliphatic heterocycles. The molecule has 1 saturated carbocycles. The van der Waals surface area contributed by atoms with Crippen LogP contribution in [0.25, 0.3) is 0 Å². The van der Waals surface area contributed by atoms with Crippen molar-refractivity contribution in [3.8, 4) is 0 Å². The Morgan fingerprint density at radius 1 is 1.00 bits per heavy atom. The molecule has 9 nitrogen and oxygen atoms in total. The Bertz CT molecular complexity index is 892. The fourth-order valence-electron chi connectivity index (χ4n) is 5.90. The van der Waals surface area contributed by atoms with Crippen LogP contribution in [0, 0.1) is 17.3 Å². The van der Waals surface area contributed by atoms with E-state index in [-0.39, 0.29) is 23.2 Å². The maximum Gasteiger partial charge on any atom is 0.408 e. The van der Waals surface area contributed by atoms with Gasteiger partial charge in [-0.25, -0.2) is 4.79 Å². The third-order valence-corrected chi connectivity index (χ3v) is 7.96. The van der Waals surface area contributed by atoms with Gasteiger partial charge < -0.3 is 20.3 Å². The molecule has 3 aliphatic rings. The van der Waals surface area contributed by atoms with Crippen LogP contribution < -0.4 is 10.6 Å². The Morgan fingerprint density at radius 2 is 1.58 bits per heavy atom. The molecule has 0 unspecified atom stereocenters. The standard InChI is InChI=1S/C27H43N3O6/c1-16(31)22(32)18-13-11-9-7-8-10-12-14-19(29-25(35)36-26(2,3)4)24(34)30-15-17-20(27(17,5)6)21(30)23(33)28-18/h17-21H,7-15H2,1-6H3,(H,28,33)(H,29,35)/t17-,18-,19-,20-,21-/m0/s1. The normalized spacial score (nSPS) is 31.2. The molecule has 2 N–H and O–H groups in total. The lowest BCUT2D eigenvalue weighted by Gasteiger charge is -2.34. The molecule has 9 heteroatoms. The van der Waals surface area contributed by atoms with Crippen molar-refractivity contribution in [1.82, 2.24) is 15.5 Å². The van der Waals surface area contributed by atoms with Crippen molar-refractivity contribution in [2.24, 2.45) is 17.3 Å². The average molecular weight is 506 g/mol. The van der Waals surface area contributed by atoms with E-state index in [0.717, 1.165) is 38.5 Å². The molecule has 3 rings (SSSR count). The molecule has 0 aromatic heterocycles. The molecule has 0 bridgehead atoms. The topological polar surface area (TPSA) is 122 Å². The number of alkyl carbamates (subject to hydrolysis) is 1. The molecule has 36 heavy (non-hydrogen) atoms. The lowest BCUT2D eigenvalue weighted by atomic mass is 9.97. The Hall–Kier alpha value is -2.45. The van der Waals surface area contributed by atoms with Gasteiger partial charge in [-0.3, -0.25) is 19.2 Å². The van der Waals surface area contributed by atoms with Gasteiger partial charge >= 0.3 is 6.09 Å². The highest BCUT2D eigenvalue weighted by atomic mass is 16.6. The summed E-state index contributed by atoms with van der Waals surface area (Å²) >= 11 is 0. The van der Waals surface area contributed by atoms with Crippen molar-refractivity contribution in [3.05, 3.63) is 0 Å². The van der Waals surface area contributed by atoms with Gasteiger partial charge in [0.1, 0.15) is 17.7 Å². The average Bonchev–Trinajstić information content (AvgIpc) is 3.09. The maximum atomic E-state index is 13.8. The first kappa shape index (κ1) is 28.1. The number of piperidine rings is 1. The third-order valence-electron chi connectivity index (χ3n) is 7.96. The molecule has 202 valence electrons. The SMILES string of the molecule is CC(=O)C(=O)[C@@H]1CCCCCCCC[C@H](NC(=O)OC(C)(C)C)C(=O)N2C[C@H]3[C@@H]([C@H]2C(=O)N1)C3(C)C. The van der Waals surface area contributed by atoms with Crippen molar-refractivity contribution in [2.75, 3.05) is 6.54 Å². The van der Waals surface area contributed by atoms with Gasteiger partial charge in [0.05, 0.1) is 6.04 Å². The van der Waals surface area contributed by atoms with E-state index in [1.165, 1.54) is 6.92 Å². The Labute approximate surface area is 214 Å². The molecule has 0 radical (unpaired) electrons. The number of carbonyl (C=O) groups is 5. The molecule has 2 heterocycles. The summed E-state index contributed by atoms with van der Waals surface area (Å²) in [6.07, 6.45) is 5.45. The Balaban J connectivity index is 1.87.